The number of hydrogen-bond donors (Lipinski definition) is 0. The first kappa shape index (κ1) is 11.0. The van der Waals surface area contributed by atoms with E-state index < -0.39 is 11.4 Å². The van der Waals surface area contributed by atoms with Crippen LogP contribution >= 0.6 is 11.8 Å². The largest absolute Gasteiger partial charge is 0.401 e. The van der Waals surface area contributed by atoms with Crippen LogP contribution in [0, 0.1) is 0 Å². The van der Waals surface area contributed by atoms with E-state index in [1.165, 1.54) is 0 Å². The van der Waals surface area contributed by atoms with Gasteiger partial charge >= 0.3 is 6.18 Å². The highest BCUT2D eigenvalue weighted by molar-refractivity contribution is 8.04. The van der Waals surface area contributed by atoms with Crippen LogP contribution in [0.15, 0.2) is 11.0 Å². The number of unbranched alkanes of at least 4 members (excludes halogenated alkanes) is 1. The Morgan fingerprint density at radius 1 is 1.54 bits per heavy atom. The number of rotatable bonds is 3. The quantitative estimate of drug-likeness (QED) is 0.675. The third kappa shape index (κ3) is 3.25. The van der Waals surface area contributed by atoms with Gasteiger partial charge in [-0.1, -0.05) is 19.4 Å². The molecule has 0 fully saturated rings. The standard InChI is InChI=1S/C9H13F3S/c1-2-3-4-7-5-6-8(13-7)9(10,11)12/h5,8H,2-4,6H2,1H3. The Labute approximate surface area is 80.6 Å². The minimum Gasteiger partial charge on any atom is -0.170 e. The van der Waals surface area contributed by atoms with Gasteiger partial charge in [0.1, 0.15) is 5.25 Å². The summed E-state index contributed by atoms with van der Waals surface area (Å²) in [6.45, 7) is 2.04. The molecule has 76 valence electrons. The molecule has 1 aliphatic rings. The predicted molar refractivity (Wildman–Crippen MR) is 49.7 cm³/mol. The molecule has 0 saturated carbocycles. The summed E-state index contributed by atoms with van der Waals surface area (Å²) < 4.78 is 36.6. The minimum atomic E-state index is -4.03. The molecule has 0 nitrogen and oxygen atoms in total. The van der Waals surface area contributed by atoms with E-state index >= 15 is 0 Å². The van der Waals surface area contributed by atoms with Gasteiger partial charge in [0.15, 0.2) is 0 Å². The summed E-state index contributed by atoms with van der Waals surface area (Å²) in [5.74, 6) is 0. The van der Waals surface area contributed by atoms with Gasteiger partial charge in [0.2, 0.25) is 0 Å². The third-order valence-electron chi connectivity index (χ3n) is 2.00. The van der Waals surface area contributed by atoms with Crippen LogP contribution in [-0.4, -0.2) is 11.4 Å². The van der Waals surface area contributed by atoms with Crippen molar-refractivity contribution in [3.8, 4) is 0 Å². The SMILES string of the molecule is CCCCC1=CCC(C(F)(F)F)S1. The molecule has 0 bridgehead atoms. The fourth-order valence-electron chi connectivity index (χ4n) is 1.23. The van der Waals surface area contributed by atoms with Crippen LogP contribution in [0.3, 0.4) is 0 Å². The molecule has 1 aliphatic heterocycles. The van der Waals surface area contributed by atoms with E-state index in [2.05, 4.69) is 0 Å². The second-order valence-corrected chi connectivity index (χ2v) is 4.49. The van der Waals surface area contributed by atoms with Crippen molar-refractivity contribution >= 4 is 11.8 Å². The van der Waals surface area contributed by atoms with Crippen molar-refractivity contribution in [2.45, 2.75) is 44.0 Å². The molecule has 0 radical (unpaired) electrons. The minimum absolute atomic E-state index is 0.160. The molecule has 0 saturated heterocycles. The zero-order chi connectivity index (χ0) is 9.90. The van der Waals surface area contributed by atoms with E-state index in [0.29, 0.717) is 0 Å². The maximum atomic E-state index is 12.2. The molecular weight excluding hydrogens is 197 g/mol. The molecule has 13 heavy (non-hydrogen) atoms. The van der Waals surface area contributed by atoms with Crippen LogP contribution in [0.4, 0.5) is 13.2 Å². The number of alkyl halides is 3. The summed E-state index contributed by atoms with van der Waals surface area (Å²) in [6, 6.07) is 0. The first-order valence-electron chi connectivity index (χ1n) is 4.46. The van der Waals surface area contributed by atoms with Crippen molar-refractivity contribution in [3.63, 3.8) is 0 Å². The van der Waals surface area contributed by atoms with Crippen LogP contribution in [0.25, 0.3) is 0 Å². The van der Waals surface area contributed by atoms with Gasteiger partial charge < -0.3 is 0 Å². The smallest absolute Gasteiger partial charge is 0.170 e. The first-order chi connectivity index (χ1) is 6.04. The normalized spacial score (nSPS) is 23.4. The van der Waals surface area contributed by atoms with Gasteiger partial charge in [-0.05, 0) is 24.2 Å². The summed E-state index contributed by atoms with van der Waals surface area (Å²) in [7, 11) is 0. The van der Waals surface area contributed by atoms with Crippen molar-refractivity contribution in [3.05, 3.63) is 11.0 Å². The van der Waals surface area contributed by atoms with Gasteiger partial charge in [0.25, 0.3) is 0 Å². The first-order valence-corrected chi connectivity index (χ1v) is 5.34. The Kier molecular flexibility index (Phi) is 3.71. The predicted octanol–water partition coefficient (Wildman–Crippen LogP) is 4.13. The molecule has 0 aromatic carbocycles. The molecule has 1 heterocycles. The second kappa shape index (κ2) is 4.40. The van der Waals surface area contributed by atoms with Crippen LogP contribution in [0.5, 0.6) is 0 Å². The summed E-state index contributed by atoms with van der Waals surface area (Å²) in [5, 5.41) is -1.18. The van der Waals surface area contributed by atoms with E-state index in [1.807, 2.05) is 6.92 Å². The van der Waals surface area contributed by atoms with E-state index in [-0.39, 0.29) is 6.42 Å². The lowest BCUT2D eigenvalue weighted by Crippen LogP contribution is -2.22. The highest BCUT2D eigenvalue weighted by Gasteiger charge is 2.41. The van der Waals surface area contributed by atoms with Crippen LogP contribution in [0.1, 0.15) is 32.6 Å². The Balaban J connectivity index is 2.34. The molecule has 4 heteroatoms. The fraction of sp³-hybridized carbons (Fsp3) is 0.778. The van der Waals surface area contributed by atoms with Gasteiger partial charge in [-0.15, -0.1) is 11.8 Å². The van der Waals surface area contributed by atoms with Crippen LogP contribution in [-0.2, 0) is 0 Å². The Bertz CT molecular complexity index is 196. The van der Waals surface area contributed by atoms with Gasteiger partial charge in [0.05, 0.1) is 0 Å². The molecule has 0 N–H and O–H groups in total. The van der Waals surface area contributed by atoms with Crippen molar-refractivity contribution in [1.82, 2.24) is 0 Å². The number of allylic oxidation sites excluding steroid dienone is 2. The van der Waals surface area contributed by atoms with Crippen molar-refractivity contribution < 1.29 is 13.2 Å². The van der Waals surface area contributed by atoms with E-state index in [9.17, 15) is 13.2 Å². The number of halogens is 3. The lowest BCUT2D eigenvalue weighted by atomic mass is 10.2. The Morgan fingerprint density at radius 2 is 2.23 bits per heavy atom. The Morgan fingerprint density at radius 3 is 2.69 bits per heavy atom. The summed E-state index contributed by atoms with van der Waals surface area (Å²) in [4.78, 5) is 0.921. The van der Waals surface area contributed by atoms with Gasteiger partial charge in [-0.2, -0.15) is 13.2 Å². The fourth-order valence-corrected chi connectivity index (χ4v) is 2.38. The zero-order valence-corrected chi connectivity index (χ0v) is 8.34. The number of thioether (sulfide) groups is 1. The van der Waals surface area contributed by atoms with Crippen molar-refractivity contribution in [2.75, 3.05) is 0 Å². The van der Waals surface area contributed by atoms with Gasteiger partial charge in [0, 0.05) is 0 Å². The summed E-state index contributed by atoms with van der Waals surface area (Å²) >= 11 is 0.994. The van der Waals surface area contributed by atoms with Crippen LogP contribution in [0.2, 0.25) is 0 Å². The van der Waals surface area contributed by atoms with E-state index in [4.69, 9.17) is 0 Å². The average Bonchev–Trinajstić information content (AvgIpc) is 2.47. The molecule has 0 aromatic rings. The molecule has 0 aliphatic carbocycles. The van der Waals surface area contributed by atoms with Crippen molar-refractivity contribution in [1.29, 1.82) is 0 Å². The average molecular weight is 210 g/mol. The highest BCUT2D eigenvalue weighted by atomic mass is 32.2. The van der Waals surface area contributed by atoms with Crippen LogP contribution < -0.4 is 0 Å². The molecule has 1 rings (SSSR count). The molecule has 0 aromatic heterocycles. The maximum absolute atomic E-state index is 12.2. The zero-order valence-electron chi connectivity index (χ0n) is 7.53. The summed E-state index contributed by atoms with van der Waals surface area (Å²) in [6.07, 6.45) is 0.701. The lowest BCUT2D eigenvalue weighted by molar-refractivity contribution is -0.127. The molecule has 0 amide bonds. The lowest BCUT2D eigenvalue weighted by Gasteiger charge is -2.13. The Hall–Kier alpha value is -0.120. The van der Waals surface area contributed by atoms with Crippen molar-refractivity contribution in [2.24, 2.45) is 0 Å². The molecule has 0 spiro atoms. The number of hydrogen-bond acceptors (Lipinski definition) is 1. The molecule has 1 unspecified atom stereocenters. The van der Waals surface area contributed by atoms with Gasteiger partial charge in [-0.25, -0.2) is 0 Å². The molecular formula is C9H13F3S. The van der Waals surface area contributed by atoms with E-state index in [0.717, 1.165) is 35.9 Å². The topological polar surface area (TPSA) is 0 Å². The monoisotopic (exact) mass is 210 g/mol. The van der Waals surface area contributed by atoms with E-state index in [1.54, 1.807) is 6.08 Å². The summed E-state index contributed by atoms with van der Waals surface area (Å²) in [5.41, 5.74) is 0. The third-order valence-corrected chi connectivity index (χ3v) is 3.41. The second-order valence-electron chi connectivity index (χ2n) is 3.16. The van der Waals surface area contributed by atoms with Gasteiger partial charge in [-0.3, -0.25) is 0 Å². The maximum Gasteiger partial charge on any atom is 0.401 e. The highest BCUT2D eigenvalue weighted by Crippen LogP contribution is 2.43. The molecule has 1 atom stereocenters.